The molecule has 2 atom stereocenters. The van der Waals surface area contributed by atoms with Crippen molar-refractivity contribution in [2.24, 2.45) is 0 Å². The number of nitrogens with one attached hydrogen (secondary N) is 2. The summed E-state index contributed by atoms with van der Waals surface area (Å²) in [5.41, 5.74) is -0.307. The lowest BCUT2D eigenvalue weighted by atomic mass is 10.1. The highest BCUT2D eigenvalue weighted by Gasteiger charge is 2.40. The fraction of sp³-hybridized carbons (Fsp3) is 0.471. The monoisotopic (exact) mass is 402 g/mol. The van der Waals surface area contributed by atoms with Gasteiger partial charge in [0.05, 0.1) is 5.69 Å². The van der Waals surface area contributed by atoms with E-state index in [0.717, 1.165) is 12.1 Å². The Hall–Kier alpha value is -2.26. The van der Waals surface area contributed by atoms with Crippen molar-refractivity contribution in [3.05, 3.63) is 29.8 Å². The van der Waals surface area contributed by atoms with Gasteiger partial charge >= 0.3 is 6.03 Å². The molecule has 2 saturated heterocycles. The summed E-state index contributed by atoms with van der Waals surface area (Å²) < 4.78 is 26.9. The van der Waals surface area contributed by atoms with Gasteiger partial charge < -0.3 is 15.5 Å². The number of carbonyl (C=O) groups is 3. The standard InChI is InChI=1S/C17H20F2N4O3.ClH/c1-10-9-20-6-7-22(10)15(24)5-3-13-16(25)23(17(26)21-13)14-4-2-11(18)8-12(14)19;/h2,4,8,10,13,20H,3,5-7,9H2,1H3,(H,21,26);1H/t10-,13?;/m1./s1. The molecular formula is C17H21ClF2N4O3. The SMILES string of the molecule is C[C@@H]1CNCCN1C(=O)CCC1NC(=O)N(c2ccc(F)cc2F)C1=O.Cl. The molecule has 7 nitrogen and oxygen atoms in total. The Labute approximate surface area is 161 Å². The van der Waals surface area contributed by atoms with Crippen LogP contribution in [-0.2, 0) is 9.59 Å². The van der Waals surface area contributed by atoms with E-state index in [9.17, 15) is 23.2 Å². The minimum Gasteiger partial charge on any atom is -0.337 e. The quantitative estimate of drug-likeness (QED) is 0.746. The van der Waals surface area contributed by atoms with Crippen molar-refractivity contribution < 1.29 is 23.2 Å². The molecule has 1 aromatic carbocycles. The maximum atomic E-state index is 13.9. The van der Waals surface area contributed by atoms with Crippen molar-refractivity contribution >= 4 is 35.9 Å². The summed E-state index contributed by atoms with van der Waals surface area (Å²) in [5.74, 6) is -2.54. The second-order valence-electron chi connectivity index (χ2n) is 6.45. The highest BCUT2D eigenvalue weighted by atomic mass is 35.5. The normalized spacial score (nSPS) is 22.5. The topological polar surface area (TPSA) is 81.8 Å². The summed E-state index contributed by atoms with van der Waals surface area (Å²) in [5, 5.41) is 5.65. The van der Waals surface area contributed by atoms with Crippen molar-refractivity contribution in [3.63, 3.8) is 0 Å². The Kier molecular flexibility index (Phi) is 6.72. The van der Waals surface area contributed by atoms with Gasteiger partial charge in [-0.2, -0.15) is 0 Å². The largest absolute Gasteiger partial charge is 0.337 e. The lowest BCUT2D eigenvalue weighted by Crippen LogP contribution is -2.52. The van der Waals surface area contributed by atoms with Gasteiger partial charge in [0, 0.05) is 38.2 Å². The molecule has 0 saturated carbocycles. The van der Waals surface area contributed by atoms with Crippen molar-refractivity contribution in [2.75, 3.05) is 24.5 Å². The number of amides is 4. The van der Waals surface area contributed by atoms with Gasteiger partial charge in [-0.05, 0) is 25.5 Å². The number of carbonyl (C=O) groups excluding carboxylic acids is 3. The Balaban J connectivity index is 0.00000261. The van der Waals surface area contributed by atoms with Crippen LogP contribution in [-0.4, -0.2) is 54.5 Å². The number of urea groups is 1. The first-order chi connectivity index (χ1) is 12.4. The summed E-state index contributed by atoms with van der Waals surface area (Å²) >= 11 is 0. The number of nitrogens with zero attached hydrogens (tertiary/aromatic N) is 2. The third-order valence-corrected chi connectivity index (χ3v) is 4.64. The number of imide groups is 1. The molecule has 0 bridgehead atoms. The van der Waals surface area contributed by atoms with Crippen LogP contribution in [0.25, 0.3) is 0 Å². The lowest BCUT2D eigenvalue weighted by Gasteiger charge is -2.34. The van der Waals surface area contributed by atoms with Gasteiger partial charge in [-0.15, -0.1) is 12.4 Å². The molecule has 2 aliphatic heterocycles. The Morgan fingerprint density at radius 2 is 2.04 bits per heavy atom. The van der Waals surface area contributed by atoms with Crippen LogP contribution >= 0.6 is 12.4 Å². The molecule has 0 radical (unpaired) electrons. The molecule has 1 aromatic rings. The summed E-state index contributed by atoms with van der Waals surface area (Å²) in [6.07, 6.45) is 0.222. The van der Waals surface area contributed by atoms with Gasteiger partial charge in [0.25, 0.3) is 5.91 Å². The van der Waals surface area contributed by atoms with E-state index in [2.05, 4.69) is 10.6 Å². The van der Waals surface area contributed by atoms with E-state index in [-0.39, 0.29) is 42.9 Å². The smallest absolute Gasteiger partial charge is 0.329 e. The van der Waals surface area contributed by atoms with E-state index < -0.39 is 29.6 Å². The number of piperazine rings is 1. The zero-order chi connectivity index (χ0) is 18.8. The molecule has 0 aliphatic carbocycles. The summed E-state index contributed by atoms with van der Waals surface area (Å²) in [7, 11) is 0. The van der Waals surface area contributed by atoms with E-state index in [1.165, 1.54) is 0 Å². The van der Waals surface area contributed by atoms with E-state index in [1.807, 2.05) is 6.92 Å². The number of hydrogen-bond donors (Lipinski definition) is 2. The zero-order valence-electron chi connectivity index (χ0n) is 14.7. The number of anilines is 1. The van der Waals surface area contributed by atoms with Crippen molar-refractivity contribution in [1.82, 2.24) is 15.5 Å². The second-order valence-corrected chi connectivity index (χ2v) is 6.45. The van der Waals surface area contributed by atoms with E-state index >= 15 is 0 Å². The van der Waals surface area contributed by atoms with Crippen LogP contribution in [0.15, 0.2) is 18.2 Å². The molecule has 2 N–H and O–H groups in total. The Morgan fingerprint density at radius 3 is 2.70 bits per heavy atom. The van der Waals surface area contributed by atoms with Crippen LogP contribution in [0.2, 0.25) is 0 Å². The van der Waals surface area contributed by atoms with E-state index in [1.54, 1.807) is 4.90 Å². The average molecular weight is 403 g/mol. The lowest BCUT2D eigenvalue weighted by molar-refractivity contribution is -0.134. The summed E-state index contributed by atoms with van der Waals surface area (Å²) in [6, 6.07) is 0.996. The molecule has 2 fully saturated rings. The van der Waals surface area contributed by atoms with Gasteiger partial charge in [-0.3, -0.25) is 9.59 Å². The predicted molar refractivity (Wildman–Crippen MR) is 96.7 cm³/mol. The molecular weight excluding hydrogens is 382 g/mol. The molecule has 1 unspecified atom stereocenters. The van der Waals surface area contributed by atoms with Gasteiger partial charge in [0.15, 0.2) is 0 Å². The van der Waals surface area contributed by atoms with Gasteiger partial charge in [-0.25, -0.2) is 18.5 Å². The molecule has 0 aromatic heterocycles. The maximum absolute atomic E-state index is 13.9. The van der Waals surface area contributed by atoms with Gasteiger partial charge in [0.1, 0.15) is 17.7 Å². The van der Waals surface area contributed by atoms with Crippen LogP contribution in [0.5, 0.6) is 0 Å². The molecule has 2 aliphatic rings. The second kappa shape index (κ2) is 8.62. The van der Waals surface area contributed by atoms with Crippen LogP contribution in [0.4, 0.5) is 19.3 Å². The van der Waals surface area contributed by atoms with Crippen molar-refractivity contribution in [1.29, 1.82) is 0 Å². The Bertz CT molecular complexity index is 749. The fourth-order valence-corrected chi connectivity index (χ4v) is 3.24. The van der Waals surface area contributed by atoms with Crippen LogP contribution in [0.3, 0.4) is 0 Å². The number of halogens is 3. The molecule has 27 heavy (non-hydrogen) atoms. The molecule has 10 heteroatoms. The molecule has 148 valence electrons. The number of benzene rings is 1. The molecule has 0 spiro atoms. The number of hydrogen-bond acceptors (Lipinski definition) is 4. The first-order valence-corrected chi connectivity index (χ1v) is 8.48. The third kappa shape index (κ3) is 4.36. The van der Waals surface area contributed by atoms with Crippen molar-refractivity contribution in [3.8, 4) is 0 Å². The van der Waals surface area contributed by atoms with E-state index in [0.29, 0.717) is 30.6 Å². The summed E-state index contributed by atoms with van der Waals surface area (Å²) in [4.78, 5) is 39.3. The highest BCUT2D eigenvalue weighted by Crippen LogP contribution is 2.25. The van der Waals surface area contributed by atoms with Crippen molar-refractivity contribution in [2.45, 2.75) is 31.8 Å². The van der Waals surface area contributed by atoms with Crippen LogP contribution in [0.1, 0.15) is 19.8 Å². The summed E-state index contributed by atoms with van der Waals surface area (Å²) in [6.45, 7) is 3.96. The third-order valence-electron chi connectivity index (χ3n) is 4.64. The minimum absolute atomic E-state index is 0. The first-order valence-electron chi connectivity index (χ1n) is 8.48. The fourth-order valence-electron chi connectivity index (χ4n) is 3.24. The van der Waals surface area contributed by atoms with Crippen LogP contribution < -0.4 is 15.5 Å². The minimum atomic E-state index is -1.00. The number of rotatable bonds is 4. The zero-order valence-corrected chi connectivity index (χ0v) is 15.5. The van der Waals surface area contributed by atoms with Gasteiger partial charge in [0.2, 0.25) is 5.91 Å². The molecule has 4 amide bonds. The maximum Gasteiger partial charge on any atom is 0.329 e. The first kappa shape index (κ1) is 21.0. The van der Waals surface area contributed by atoms with Crippen LogP contribution in [0, 0.1) is 11.6 Å². The van der Waals surface area contributed by atoms with E-state index in [4.69, 9.17) is 0 Å². The average Bonchev–Trinajstić information content (AvgIpc) is 2.87. The van der Waals surface area contributed by atoms with Gasteiger partial charge in [-0.1, -0.05) is 0 Å². The molecule has 3 rings (SSSR count). The Morgan fingerprint density at radius 1 is 1.30 bits per heavy atom. The predicted octanol–water partition coefficient (Wildman–Crippen LogP) is 1.41. The molecule has 2 heterocycles. The highest BCUT2D eigenvalue weighted by molar-refractivity contribution is 6.21.